The molecule has 3 aliphatic rings. The summed E-state index contributed by atoms with van der Waals surface area (Å²) in [5, 5.41) is 3.81. The molecule has 1 aliphatic heterocycles. The van der Waals surface area contributed by atoms with Gasteiger partial charge in [-0.3, -0.25) is 14.2 Å². The Hall–Kier alpha value is -2.52. The lowest BCUT2D eigenvalue weighted by Crippen LogP contribution is -2.35. The second-order valence-electron chi connectivity index (χ2n) is 12.1. The van der Waals surface area contributed by atoms with E-state index in [9.17, 15) is 22.8 Å². The SMILES string of the molecule is CC(C)(C)c1ccc(C2c3sc(=O)n(CC(=O)Nc4cccc(C(F)(F)F)c4)c3SC3C4CCC(C4)C23)cc1. The summed E-state index contributed by atoms with van der Waals surface area (Å²) in [7, 11) is 0. The third-order valence-electron chi connectivity index (χ3n) is 8.60. The Kier molecular flexibility index (Phi) is 6.53. The Bertz CT molecular complexity index is 1470. The Morgan fingerprint density at radius 1 is 1.03 bits per heavy atom. The number of hydrogen-bond acceptors (Lipinski definition) is 4. The van der Waals surface area contributed by atoms with Crippen LogP contribution >= 0.6 is 23.1 Å². The van der Waals surface area contributed by atoms with Crippen molar-refractivity contribution in [1.82, 2.24) is 4.57 Å². The number of carbonyl (C=O) groups is 1. The molecule has 0 spiro atoms. The van der Waals surface area contributed by atoms with Gasteiger partial charge in [-0.25, -0.2) is 0 Å². The summed E-state index contributed by atoms with van der Waals surface area (Å²) in [6, 6.07) is 13.4. The quantitative estimate of drug-likeness (QED) is 0.352. The van der Waals surface area contributed by atoms with E-state index in [0.717, 1.165) is 22.0 Å². The number of alkyl halides is 3. The van der Waals surface area contributed by atoms with Gasteiger partial charge in [0, 0.05) is 21.7 Å². The van der Waals surface area contributed by atoms with Crippen molar-refractivity contribution in [3.63, 3.8) is 0 Å². The van der Waals surface area contributed by atoms with Gasteiger partial charge in [0.15, 0.2) is 0 Å². The number of nitrogens with one attached hydrogen (secondary N) is 1. The number of benzene rings is 2. The molecule has 2 aromatic carbocycles. The maximum absolute atomic E-state index is 13.3. The fourth-order valence-corrected chi connectivity index (χ4v) is 9.92. The highest BCUT2D eigenvalue weighted by molar-refractivity contribution is 8.00. The number of nitrogens with zero attached hydrogens (tertiary/aromatic N) is 1. The van der Waals surface area contributed by atoms with E-state index in [-0.39, 0.29) is 28.4 Å². The third kappa shape index (κ3) is 4.86. The minimum Gasteiger partial charge on any atom is -0.325 e. The fraction of sp³-hybridized carbons (Fsp3) is 0.467. The molecule has 2 saturated carbocycles. The monoisotopic (exact) mass is 572 g/mol. The van der Waals surface area contributed by atoms with Gasteiger partial charge in [0.05, 0.1) is 10.6 Å². The molecule has 0 saturated heterocycles. The van der Waals surface area contributed by atoms with Gasteiger partial charge in [-0.1, -0.05) is 62.4 Å². The number of thioether (sulfide) groups is 1. The number of aromatic nitrogens is 1. The molecule has 4 nitrogen and oxygen atoms in total. The smallest absolute Gasteiger partial charge is 0.325 e. The van der Waals surface area contributed by atoms with Crippen molar-refractivity contribution in [1.29, 1.82) is 0 Å². The number of halogens is 3. The second kappa shape index (κ2) is 9.54. The molecule has 2 bridgehead atoms. The molecule has 6 rings (SSSR count). The van der Waals surface area contributed by atoms with Crippen molar-refractivity contribution in [3.8, 4) is 0 Å². The van der Waals surface area contributed by atoms with Gasteiger partial charge in [0.2, 0.25) is 5.91 Å². The van der Waals surface area contributed by atoms with E-state index in [1.165, 1.54) is 58.4 Å². The van der Waals surface area contributed by atoms with Crippen molar-refractivity contribution < 1.29 is 18.0 Å². The minimum absolute atomic E-state index is 0.0438. The number of carbonyl (C=O) groups excluding carboxylic acids is 1. The number of fused-ring (bicyclic) bond motifs is 6. The highest BCUT2D eigenvalue weighted by atomic mass is 32.2. The van der Waals surface area contributed by atoms with Crippen LogP contribution in [0.5, 0.6) is 0 Å². The summed E-state index contributed by atoms with van der Waals surface area (Å²) in [6.45, 7) is 6.36. The lowest BCUT2D eigenvalue weighted by atomic mass is 9.74. The highest BCUT2D eigenvalue weighted by Gasteiger charge is 2.55. The lowest BCUT2D eigenvalue weighted by molar-refractivity contribution is -0.137. The summed E-state index contributed by atoms with van der Waals surface area (Å²) in [4.78, 5) is 27.1. The molecule has 39 heavy (non-hydrogen) atoms. The number of amides is 1. The van der Waals surface area contributed by atoms with Crippen LogP contribution in [0.3, 0.4) is 0 Å². The number of thiazole rings is 1. The Balaban J connectivity index is 1.33. The average Bonchev–Trinajstić information content (AvgIpc) is 3.56. The summed E-state index contributed by atoms with van der Waals surface area (Å²) in [5.41, 5.74) is 1.75. The summed E-state index contributed by atoms with van der Waals surface area (Å²) in [6.07, 6.45) is -0.853. The first-order chi connectivity index (χ1) is 18.4. The molecule has 5 atom stereocenters. The van der Waals surface area contributed by atoms with Crippen molar-refractivity contribution in [2.45, 2.75) is 74.4 Å². The van der Waals surface area contributed by atoms with Crippen molar-refractivity contribution >= 4 is 34.7 Å². The fourth-order valence-electron chi connectivity index (χ4n) is 6.77. The zero-order chi connectivity index (χ0) is 27.7. The van der Waals surface area contributed by atoms with E-state index in [4.69, 9.17) is 0 Å². The third-order valence-corrected chi connectivity index (χ3v) is 11.4. The van der Waals surface area contributed by atoms with E-state index in [1.807, 2.05) is 0 Å². The molecular formula is C30H31F3N2O2S2. The molecule has 2 fully saturated rings. The highest BCUT2D eigenvalue weighted by Crippen LogP contribution is 2.64. The first kappa shape index (κ1) is 26.7. The minimum atomic E-state index is -4.50. The Labute approximate surface area is 234 Å². The van der Waals surface area contributed by atoms with Gasteiger partial charge in [-0.15, -0.1) is 11.8 Å². The maximum Gasteiger partial charge on any atom is 0.416 e. The van der Waals surface area contributed by atoms with Gasteiger partial charge in [0.1, 0.15) is 6.54 Å². The number of rotatable bonds is 4. The van der Waals surface area contributed by atoms with E-state index in [2.05, 4.69) is 50.4 Å². The summed E-state index contributed by atoms with van der Waals surface area (Å²) < 4.78 is 40.9. The van der Waals surface area contributed by atoms with E-state index in [0.29, 0.717) is 23.0 Å². The predicted molar refractivity (Wildman–Crippen MR) is 150 cm³/mol. The second-order valence-corrected chi connectivity index (χ2v) is 14.3. The first-order valence-electron chi connectivity index (χ1n) is 13.4. The Morgan fingerprint density at radius 3 is 2.44 bits per heavy atom. The Morgan fingerprint density at radius 2 is 1.74 bits per heavy atom. The van der Waals surface area contributed by atoms with Crippen molar-refractivity contribution in [3.05, 3.63) is 79.8 Å². The van der Waals surface area contributed by atoms with Gasteiger partial charge < -0.3 is 5.32 Å². The van der Waals surface area contributed by atoms with E-state index < -0.39 is 17.6 Å². The van der Waals surface area contributed by atoms with Crippen molar-refractivity contribution in [2.75, 3.05) is 5.32 Å². The van der Waals surface area contributed by atoms with Crippen LogP contribution in [-0.4, -0.2) is 15.7 Å². The molecule has 1 aromatic heterocycles. The lowest BCUT2D eigenvalue weighted by Gasteiger charge is -2.40. The molecule has 2 aliphatic carbocycles. The van der Waals surface area contributed by atoms with Gasteiger partial charge >= 0.3 is 11.0 Å². The molecule has 2 heterocycles. The number of anilines is 1. The molecule has 0 radical (unpaired) electrons. The summed E-state index contributed by atoms with van der Waals surface area (Å²) >= 11 is 2.96. The predicted octanol–water partition coefficient (Wildman–Crippen LogP) is 7.52. The average molecular weight is 573 g/mol. The van der Waals surface area contributed by atoms with Crippen LogP contribution in [0.25, 0.3) is 0 Å². The zero-order valence-corrected chi connectivity index (χ0v) is 23.7. The van der Waals surface area contributed by atoms with Crippen LogP contribution in [0, 0.1) is 17.8 Å². The van der Waals surface area contributed by atoms with Crippen molar-refractivity contribution in [2.24, 2.45) is 17.8 Å². The standard InChI is InChI=1S/C30H31F3N2O2S2/c1-29(2,3)19-11-9-16(10-12-19)23-24-17-7-8-18(13-17)25(24)38-27-26(23)39-28(37)35(27)15-22(36)34-21-6-4-5-20(14-21)30(31,32)33/h4-6,9-12,14,17-18,23-25H,7-8,13,15H2,1-3H3,(H,34,36). The molecule has 1 amide bonds. The number of hydrogen-bond donors (Lipinski definition) is 1. The van der Waals surface area contributed by atoms with Crippen LogP contribution in [0.1, 0.15) is 67.5 Å². The van der Waals surface area contributed by atoms with Crippen LogP contribution in [0.2, 0.25) is 0 Å². The molecule has 9 heteroatoms. The van der Waals surface area contributed by atoms with Gasteiger partial charge in [-0.2, -0.15) is 13.2 Å². The van der Waals surface area contributed by atoms with E-state index >= 15 is 0 Å². The van der Waals surface area contributed by atoms with Crippen LogP contribution in [-0.2, 0) is 22.9 Å². The van der Waals surface area contributed by atoms with Crippen LogP contribution in [0.4, 0.5) is 18.9 Å². The van der Waals surface area contributed by atoms with Gasteiger partial charge in [-0.05, 0) is 71.8 Å². The molecule has 5 unspecified atom stereocenters. The zero-order valence-electron chi connectivity index (χ0n) is 22.0. The molecule has 206 valence electrons. The largest absolute Gasteiger partial charge is 0.416 e. The van der Waals surface area contributed by atoms with Gasteiger partial charge in [0.25, 0.3) is 0 Å². The first-order valence-corrected chi connectivity index (χ1v) is 15.1. The van der Waals surface area contributed by atoms with Crippen LogP contribution < -0.4 is 10.2 Å². The maximum atomic E-state index is 13.3. The normalized spacial score (nSPS) is 25.8. The van der Waals surface area contributed by atoms with Crippen LogP contribution in [0.15, 0.2) is 58.4 Å². The summed E-state index contributed by atoms with van der Waals surface area (Å²) in [5.74, 6) is 1.31. The molecular weight excluding hydrogens is 541 g/mol. The van der Waals surface area contributed by atoms with E-state index in [1.54, 1.807) is 11.8 Å². The topological polar surface area (TPSA) is 51.1 Å². The molecule has 1 N–H and O–H groups in total. The molecule has 3 aromatic rings.